The molecule has 2 aromatic carbocycles. The molecule has 0 unspecified atom stereocenters. The van der Waals surface area contributed by atoms with E-state index in [1.165, 1.54) is 36.0 Å². The Balaban J connectivity index is 1.82. The van der Waals surface area contributed by atoms with Crippen molar-refractivity contribution in [3.05, 3.63) is 73.1 Å². The molecule has 1 saturated carbocycles. The van der Waals surface area contributed by atoms with Crippen molar-refractivity contribution in [2.75, 3.05) is 0 Å². The average Bonchev–Trinajstić information content (AvgIpc) is 3.23. The standard InChI is InChI=1S/C23H29.C5H5.C3H4.Zr/c1-14-9-16-11-17-10-15(2)21(23(6,7)8)13-19(17)18(16)12-20(14)22(3,4)5;1-2-4-5-3-1;1-2-3-1;/h9,12-13H,11H2,1-8H3;1-3H,4H2;1-2H2;. The van der Waals surface area contributed by atoms with Crippen molar-refractivity contribution < 1.29 is 21.3 Å². The van der Waals surface area contributed by atoms with Gasteiger partial charge in [-0.2, -0.15) is 0 Å². The summed E-state index contributed by atoms with van der Waals surface area (Å²) in [5.41, 5.74) is 12.8. The van der Waals surface area contributed by atoms with Crippen molar-refractivity contribution in [2.24, 2.45) is 0 Å². The van der Waals surface area contributed by atoms with E-state index >= 15 is 0 Å². The van der Waals surface area contributed by atoms with Crippen LogP contribution in [0.15, 0.2) is 39.7 Å². The summed E-state index contributed by atoms with van der Waals surface area (Å²) in [5, 5.41) is 0. The second-order valence-electron chi connectivity index (χ2n) is 12.3. The van der Waals surface area contributed by atoms with Crippen LogP contribution in [0.4, 0.5) is 0 Å². The Morgan fingerprint density at radius 2 is 1.47 bits per heavy atom. The van der Waals surface area contributed by atoms with Gasteiger partial charge in [0, 0.05) is 0 Å². The second-order valence-corrected chi connectivity index (χ2v) is 18.6. The van der Waals surface area contributed by atoms with E-state index in [2.05, 4.69) is 91.8 Å². The third-order valence-corrected chi connectivity index (χ3v) is 16.0. The minimum atomic E-state index is -2.00. The van der Waals surface area contributed by atoms with Crippen LogP contribution in [0, 0.1) is 13.8 Å². The van der Waals surface area contributed by atoms with E-state index in [4.69, 9.17) is 0 Å². The monoisotopic (exact) mass is 500 g/mol. The molecule has 1 fully saturated rings. The number of benzene rings is 2. The molecule has 0 aromatic heterocycles. The fourth-order valence-electron chi connectivity index (χ4n) is 6.05. The molecular formula is C31H38Zr. The number of aryl methyl sites for hydroxylation is 1. The summed E-state index contributed by atoms with van der Waals surface area (Å²) in [6, 6.07) is 7.64. The van der Waals surface area contributed by atoms with Crippen molar-refractivity contribution in [3.8, 4) is 11.1 Å². The summed E-state index contributed by atoms with van der Waals surface area (Å²) >= 11 is -2.00. The zero-order chi connectivity index (χ0) is 23.0. The quantitative estimate of drug-likeness (QED) is 0.340. The molecule has 0 radical (unpaired) electrons. The van der Waals surface area contributed by atoms with Crippen LogP contribution in [-0.2, 0) is 38.5 Å². The molecule has 32 heavy (non-hydrogen) atoms. The summed E-state index contributed by atoms with van der Waals surface area (Å²) in [7, 11) is 0. The molecule has 0 saturated heterocycles. The fraction of sp³-hybridized carbons (Fsp3) is 0.452. The summed E-state index contributed by atoms with van der Waals surface area (Å²) in [6.45, 7) is 19.0. The van der Waals surface area contributed by atoms with Gasteiger partial charge in [0.05, 0.1) is 0 Å². The van der Waals surface area contributed by atoms with E-state index in [9.17, 15) is 0 Å². The van der Waals surface area contributed by atoms with Crippen LogP contribution in [0.5, 0.6) is 0 Å². The Hall–Kier alpha value is -1.33. The summed E-state index contributed by atoms with van der Waals surface area (Å²) < 4.78 is 5.59. The van der Waals surface area contributed by atoms with Crippen LogP contribution in [0.25, 0.3) is 11.1 Å². The molecule has 0 spiro atoms. The van der Waals surface area contributed by atoms with Gasteiger partial charge in [-0.25, -0.2) is 0 Å². The molecule has 2 aromatic rings. The van der Waals surface area contributed by atoms with Gasteiger partial charge < -0.3 is 0 Å². The van der Waals surface area contributed by atoms with Crippen molar-refractivity contribution >= 4 is 6.48 Å². The summed E-state index contributed by atoms with van der Waals surface area (Å²) in [4.78, 5) is 0. The molecule has 0 atom stereocenters. The molecular weight excluding hydrogens is 464 g/mol. The number of rotatable bonds is 2. The predicted molar refractivity (Wildman–Crippen MR) is 137 cm³/mol. The SMILES string of the molecule is Cc1cc2c(cc1C(C)(C)C)-c1cc(C(C)(C)C)c(C)[c]([Zr]([C]3=CC=CC3)=[C]3CC3)c1C2. The second kappa shape index (κ2) is 7.60. The molecule has 0 bridgehead atoms. The van der Waals surface area contributed by atoms with Gasteiger partial charge in [0.25, 0.3) is 0 Å². The number of fused-ring (bicyclic) bond motifs is 3. The van der Waals surface area contributed by atoms with Crippen molar-refractivity contribution in [1.82, 2.24) is 0 Å². The van der Waals surface area contributed by atoms with Gasteiger partial charge in [-0.3, -0.25) is 0 Å². The number of allylic oxidation sites excluding steroid dienone is 4. The number of hydrogen-bond acceptors (Lipinski definition) is 0. The van der Waals surface area contributed by atoms with Crippen LogP contribution in [0.1, 0.15) is 94.2 Å². The van der Waals surface area contributed by atoms with E-state index in [1.54, 1.807) is 31.1 Å². The maximum absolute atomic E-state index is 2.58. The predicted octanol–water partition coefficient (Wildman–Crippen LogP) is 7.52. The molecule has 166 valence electrons. The van der Waals surface area contributed by atoms with E-state index in [0.717, 1.165) is 6.42 Å². The Labute approximate surface area is 203 Å². The minimum absolute atomic E-state index is 0.166. The van der Waals surface area contributed by atoms with E-state index in [0.29, 0.717) is 0 Å². The first-order valence-corrected chi connectivity index (χ1v) is 16.1. The first-order chi connectivity index (χ1) is 15.0. The van der Waals surface area contributed by atoms with Crippen LogP contribution in [0.2, 0.25) is 0 Å². The molecule has 5 rings (SSSR count). The van der Waals surface area contributed by atoms with Gasteiger partial charge in [0.15, 0.2) is 0 Å². The Morgan fingerprint density at radius 1 is 0.812 bits per heavy atom. The summed E-state index contributed by atoms with van der Waals surface area (Å²) in [5.74, 6) is 0. The van der Waals surface area contributed by atoms with E-state index in [1.807, 2.05) is 6.48 Å². The van der Waals surface area contributed by atoms with Crippen LogP contribution < -0.4 is 3.27 Å². The van der Waals surface area contributed by atoms with E-state index in [-0.39, 0.29) is 10.8 Å². The normalized spacial score (nSPS) is 16.9. The van der Waals surface area contributed by atoms with Gasteiger partial charge in [0.2, 0.25) is 0 Å². The van der Waals surface area contributed by atoms with Crippen LogP contribution in [0.3, 0.4) is 0 Å². The maximum atomic E-state index is 2.58. The fourth-order valence-corrected chi connectivity index (χ4v) is 14.3. The number of hydrogen-bond donors (Lipinski definition) is 0. The molecule has 0 heterocycles. The van der Waals surface area contributed by atoms with Gasteiger partial charge in [-0.05, 0) is 0 Å². The summed E-state index contributed by atoms with van der Waals surface area (Å²) in [6.07, 6.45) is 12.3. The van der Waals surface area contributed by atoms with Crippen LogP contribution in [-0.4, -0.2) is 3.21 Å². The van der Waals surface area contributed by atoms with Crippen molar-refractivity contribution in [1.29, 1.82) is 0 Å². The Morgan fingerprint density at radius 3 is 2.03 bits per heavy atom. The zero-order valence-corrected chi connectivity index (χ0v) is 23.8. The average molecular weight is 502 g/mol. The van der Waals surface area contributed by atoms with E-state index < -0.39 is 21.3 Å². The third kappa shape index (κ3) is 3.74. The molecule has 0 nitrogen and oxygen atoms in total. The Kier molecular flexibility index (Phi) is 5.33. The molecule has 0 N–H and O–H groups in total. The van der Waals surface area contributed by atoms with Crippen molar-refractivity contribution in [3.63, 3.8) is 0 Å². The van der Waals surface area contributed by atoms with Gasteiger partial charge in [0.1, 0.15) is 0 Å². The topological polar surface area (TPSA) is 0 Å². The molecule has 0 amide bonds. The first-order valence-electron chi connectivity index (χ1n) is 12.4. The molecule has 1 heteroatoms. The molecule has 3 aliphatic rings. The van der Waals surface area contributed by atoms with Crippen LogP contribution >= 0.6 is 0 Å². The first kappa shape index (κ1) is 22.5. The van der Waals surface area contributed by atoms with Gasteiger partial charge >= 0.3 is 204 Å². The van der Waals surface area contributed by atoms with Crippen molar-refractivity contribution in [2.45, 2.75) is 91.9 Å². The molecule has 0 aliphatic heterocycles. The van der Waals surface area contributed by atoms with Gasteiger partial charge in [-0.15, -0.1) is 0 Å². The third-order valence-electron chi connectivity index (χ3n) is 7.61. The Bertz CT molecular complexity index is 1230. The zero-order valence-electron chi connectivity index (χ0n) is 21.3. The molecule has 3 aliphatic carbocycles. The van der Waals surface area contributed by atoms with Gasteiger partial charge in [-0.1, -0.05) is 0 Å².